The van der Waals surface area contributed by atoms with Gasteiger partial charge in [-0.05, 0) is 30.3 Å². The van der Waals surface area contributed by atoms with Crippen LogP contribution in [0.15, 0.2) is 54.7 Å². The Kier molecular flexibility index (Phi) is 4.32. The van der Waals surface area contributed by atoms with Crippen molar-refractivity contribution in [3.05, 3.63) is 65.3 Å². The zero-order chi connectivity index (χ0) is 16.1. The van der Waals surface area contributed by atoms with Crippen molar-refractivity contribution in [1.82, 2.24) is 15.2 Å². The molecule has 0 amide bonds. The summed E-state index contributed by atoms with van der Waals surface area (Å²) in [6.07, 6.45) is 1.50. The monoisotopic (exact) mass is 322 g/mol. The molecule has 23 heavy (non-hydrogen) atoms. The molecule has 0 aliphatic carbocycles. The van der Waals surface area contributed by atoms with E-state index in [1.165, 1.54) is 6.20 Å². The number of rotatable bonds is 4. The van der Waals surface area contributed by atoms with Gasteiger partial charge in [-0.1, -0.05) is 29.8 Å². The molecule has 3 rings (SSSR count). The summed E-state index contributed by atoms with van der Waals surface area (Å²) >= 11 is 5.95. The first-order valence-corrected chi connectivity index (χ1v) is 7.11. The lowest BCUT2D eigenvalue weighted by molar-refractivity contribution is 0.982. The summed E-state index contributed by atoms with van der Waals surface area (Å²) in [5, 5.41) is 23.6. The maximum atomic E-state index is 9.10. The van der Waals surface area contributed by atoms with Crippen molar-refractivity contribution in [2.45, 2.75) is 0 Å². The minimum absolute atomic E-state index is 0.291. The highest BCUT2D eigenvalue weighted by molar-refractivity contribution is 6.30. The number of nitriles is 1. The molecule has 0 saturated heterocycles. The van der Waals surface area contributed by atoms with Gasteiger partial charge in [-0.3, -0.25) is 0 Å². The number of aromatic nitrogens is 3. The molecule has 0 aliphatic heterocycles. The highest BCUT2D eigenvalue weighted by Gasteiger charge is 2.05. The molecular weight excluding hydrogens is 312 g/mol. The second kappa shape index (κ2) is 6.73. The lowest BCUT2D eigenvalue weighted by Gasteiger charge is -2.08. The molecule has 6 nitrogen and oxygen atoms in total. The minimum atomic E-state index is 0.291. The van der Waals surface area contributed by atoms with Crippen molar-refractivity contribution in [3.63, 3.8) is 0 Å². The molecule has 0 saturated carbocycles. The number of hydrogen-bond donors (Lipinski definition) is 2. The number of para-hydroxylation sites is 1. The average molecular weight is 323 g/mol. The summed E-state index contributed by atoms with van der Waals surface area (Å²) < 4.78 is 0. The average Bonchev–Trinajstić information content (AvgIpc) is 2.56. The Morgan fingerprint density at radius 2 is 1.91 bits per heavy atom. The van der Waals surface area contributed by atoms with E-state index in [0.717, 1.165) is 5.69 Å². The van der Waals surface area contributed by atoms with Crippen LogP contribution in [-0.2, 0) is 0 Å². The maximum Gasteiger partial charge on any atom is 0.249 e. The largest absolute Gasteiger partial charge is 0.339 e. The van der Waals surface area contributed by atoms with Crippen LogP contribution in [-0.4, -0.2) is 15.2 Å². The highest BCUT2D eigenvalue weighted by atomic mass is 35.5. The molecular formula is C16H11ClN6. The third-order valence-electron chi connectivity index (χ3n) is 2.95. The molecule has 0 aliphatic rings. The molecule has 0 atom stereocenters. The van der Waals surface area contributed by atoms with E-state index in [1.807, 2.05) is 18.2 Å². The van der Waals surface area contributed by atoms with E-state index in [4.69, 9.17) is 16.9 Å². The molecule has 2 aromatic carbocycles. The van der Waals surface area contributed by atoms with Gasteiger partial charge >= 0.3 is 0 Å². The molecule has 0 bridgehead atoms. The number of anilines is 4. The number of hydrogen-bond acceptors (Lipinski definition) is 6. The van der Waals surface area contributed by atoms with Gasteiger partial charge in [0.15, 0.2) is 5.82 Å². The third kappa shape index (κ3) is 3.73. The van der Waals surface area contributed by atoms with Gasteiger partial charge in [0.05, 0.1) is 17.4 Å². The molecule has 0 unspecified atom stereocenters. The van der Waals surface area contributed by atoms with E-state index < -0.39 is 0 Å². The summed E-state index contributed by atoms with van der Waals surface area (Å²) in [6, 6.07) is 16.5. The van der Waals surface area contributed by atoms with Crippen LogP contribution in [0, 0.1) is 11.3 Å². The van der Waals surface area contributed by atoms with Gasteiger partial charge in [0.25, 0.3) is 0 Å². The Balaban J connectivity index is 1.81. The Morgan fingerprint density at radius 1 is 1.04 bits per heavy atom. The molecule has 0 radical (unpaired) electrons. The Labute approximate surface area is 137 Å². The second-order valence-electron chi connectivity index (χ2n) is 4.58. The lowest BCUT2D eigenvalue weighted by Crippen LogP contribution is -2.03. The van der Waals surface area contributed by atoms with Gasteiger partial charge in [-0.25, -0.2) is 0 Å². The predicted octanol–water partition coefficient (Wildman–Crippen LogP) is 3.88. The quantitative estimate of drug-likeness (QED) is 0.758. The molecule has 1 heterocycles. The van der Waals surface area contributed by atoms with Gasteiger partial charge in [-0.2, -0.15) is 15.3 Å². The molecule has 3 aromatic rings. The molecule has 1 aromatic heterocycles. The summed E-state index contributed by atoms with van der Waals surface area (Å²) in [7, 11) is 0. The fraction of sp³-hybridized carbons (Fsp3) is 0. The first-order chi connectivity index (χ1) is 11.2. The predicted molar refractivity (Wildman–Crippen MR) is 89.0 cm³/mol. The van der Waals surface area contributed by atoms with Gasteiger partial charge in [0.1, 0.15) is 6.07 Å². The van der Waals surface area contributed by atoms with Gasteiger partial charge in [0.2, 0.25) is 5.95 Å². The van der Waals surface area contributed by atoms with Crippen molar-refractivity contribution in [2.24, 2.45) is 0 Å². The van der Waals surface area contributed by atoms with Crippen LogP contribution >= 0.6 is 11.6 Å². The van der Waals surface area contributed by atoms with E-state index in [2.05, 4.69) is 31.9 Å². The molecule has 7 heteroatoms. The summed E-state index contributed by atoms with van der Waals surface area (Å²) in [6.45, 7) is 0. The van der Waals surface area contributed by atoms with Gasteiger partial charge in [-0.15, -0.1) is 5.10 Å². The lowest BCUT2D eigenvalue weighted by atomic mass is 10.2. The molecule has 2 N–H and O–H groups in total. The highest BCUT2D eigenvalue weighted by Crippen LogP contribution is 2.20. The van der Waals surface area contributed by atoms with Crippen molar-refractivity contribution in [3.8, 4) is 6.07 Å². The number of benzene rings is 2. The van der Waals surface area contributed by atoms with Crippen molar-refractivity contribution in [1.29, 1.82) is 5.26 Å². The van der Waals surface area contributed by atoms with Crippen molar-refractivity contribution in [2.75, 3.05) is 10.6 Å². The number of halogens is 1. The fourth-order valence-electron chi connectivity index (χ4n) is 1.94. The normalized spacial score (nSPS) is 9.91. The van der Waals surface area contributed by atoms with E-state index in [-0.39, 0.29) is 0 Å². The van der Waals surface area contributed by atoms with Crippen molar-refractivity contribution < 1.29 is 0 Å². The first kappa shape index (κ1) is 14.8. The first-order valence-electron chi connectivity index (χ1n) is 6.73. The third-order valence-corrected chi connectivity index (χ3v) is 3.18. The van der Waals surface area contributed by atoms with Gasteiger partial charge in [0, 0.05) is 10.7 Å². The topological polar surface area (TPSA) is 86.5 Å². The van der Waals surface area contributed by atoms with Gasteiger partial charge < -0.3 is 10.6 Å². The maximum absolute atomic E-state index is 9.10. The minimum Gasteiger partial charge on any atom is -0.339 e. The van der Waals surface area contributed by atoms with E-state index in [9.17, 15) is 0 Å². The van der Waals surface area contributed by atoms with Crippen LogP contribution in [0.25, 0.3) is 0 Å². The summed E-state index contributed by atoms with van der Waals surface area (Å²) in [5.41, 5.74) is 1.92. The second-order valence-corrected chi connectivity index (χ2v) is 5.02. The molecule has 0 fully saturated rings. The smallest absolute Gasteiger partial charge is 0.249 e. The SMILES string of the molecule is N#Cc1ccccc1Nc1nncc(Nc2cccc(Cl)c2)n1. The standard InChI is InChI=1S/C16H11ClN6/c17-12-5-3-6-13(8-12)20-15-10-19-23-16(22-15)21-14-7-2-1-4-11(14)9-18/h1-8,10H,(H2,20,21,22,23). The summed E-state index contributed by atoms with van der Waals surface area (Å²) in [4.78, 5) is 4.32. The number of nitrogens with one attached hydrogen (secondary N) is 2. The van der Waals surface area contributed by atoms with E-state index >= 15 is 0 Å². The van der Waals surface area contributed by atoms with E-state index in [0.29, 0.717) is 28.0 Å². The Bertz CT molecular complexity index is 874. The van der Waals surface area contributed by atoms with Crippen LogP contribution in [0.4, 0.5) is 23.1 Å². The fourth-order valence-corrected chi connectivity index (χ4v) is 2.13. The van der Waals surface area contributed by atoms with E-state index in [1.54, 1.807) is 30.3 Å². The Morgan fingerprint density at radius 3 is 2.74 bits per heavy atom. The molecule has 112 valence electrons. The van der Waals surface area contributed by atoms with Crippen LogP contribution in [0.2, 0.25) is 5.02 Å². The van der Waals surface area contributed by atoms with Crippen LogP contribution in [0.3, 0.4) is 0 Å². The van der Waals surface area contributed by atoms with Crippen molar-refractivity contribution >= 4 is 34.7 Å². The van der Waals surface area contributed by atoms with Crippen LogP contribution < -0.4 is 10.6 Å². The zero-order valence-corrected chi connectivity index (χ0v) is 12.6. The Hall–Kier alpha value is -3.17. The zero-order valence-electron chi connectivity index (χ0n) is 11.9. The number of nitrogens with zero attached hydrogens (tertiary/aromatic N) is 4. The van der Waals surface area contributed by atoms with Crippen LogP contribution in [0.1, 0.15) is 5.56 Å². The summed E-state index contributed by atoms with van der Waals surface area (Å²) in [5.74, 6) is 0.805. The molecule has 0 spiro atoms. The van der Waals surface area contributed by atoms with Crippen LogP contribution in [0.5, 0.6) is 0 Å².